The molecule has 1 aromatic carbocycles. The number of amides is 2. The number of thioether (sulfide) groups is 1. The molecule has 0 bridgehead atoms. The SMILES string of the molecule is CS(=O)(=O)Nc1ccc(-c2ccc(/C=C3/SC(=O)N(Cc4ccco4)C3=O)o2)cc1. The van der Waals surface area contributed by atoms with Gasteiger partial charge in [-0.1, -0.05) is 0 Å². The Balaban J connectivity index is 1.49. The molecule has 1 saturated heterocycles. The summed E-state index contributed by atoms with van der Waals surface area (Å²) in [5, 5.41) is -0.372. The van der Waals surface area contributed by atoms with Gasteiger partial charge in [-0.3, -0.25) is 19.2 Å². The highest BCUT2D eigenvalue weighted by Crippen LogP contribution is 2.34. The third kappa shape index (κ3) is 4.50. The predicted molar refractivity (Wildman–Crippen MR) is 113 cm³/mol. The average Bonchev–Trinajstić information content (AvgIpc) is 3.40. The van der Waals surface area contributed by atoms with Gasteiger partial charge in [0.15, 0.2) is 0 Å². The van der Waals surface area contributed by atoms with E-state index in [4.69, 9.17) is 8.83 Å². The van der Waals surface area contributed by atoms with Gasteiger partial charge in [-0.15, -0.1) is 0 Å². The molecule has 0 aliphatic carbocycles. The molecule has 154 valence electrons. The predicted octanol–water partition coefficient (Wildman–Crippen LogP) is 4.15. The number of sulfonamides is 1. The zero-order valence-electron chi connectivity index (χ0n) is 15.7. The van der Waals surface area contributed by atoms with E-state index in [1.165, 1.54) is 12.3 Å². The number of nitrogens with one attached hydrogen (secondary N) is 1. The first kappa shape index (κ1) is 20.0. The highest BCUT2D eigenvalue weighted by atomic mass is 32.2. The highest BCUT2D eigenvalue weighted by Gasteiger charge is 2.35. The largest absolute Gasteiger partial charge is 0.467 e. The van der Waals surface area contributed by atoms with Crippen LogP contribution in [0.15, 0.2) is 68.5 Å². The molecule has 0 saturated carbocycles. The van der Waals surface area contributed by atoms with Crippen molar-refractivity contribution in [1.82, 2.24) is 4.90 Å². The Morgan fingerprint density at radius 1 is 1.10 bits per heavy atom. The Hall–Kier alpha value is -3.24. The maximum absolute atomic E-state index is 12.6. The maximum atomic E-state index is 12.6. The van der Waals surface area contributed by atoms with Crippen molar-refractivity contribution in [3.63, 3.8) is 0 Å². The van der Waals surface area contributed by atoms with E-state index in [1.54, 1.807) is 48.5 Å². The maximum Gasteiger partial charge on any atom is 0.293 e. The van der Waals surface area contributed by atoms with Crippen LogP contribution in [0.5, 0.6) is 0 Å². The molecule has 1 aliphatic rings. The van der Waals surface area contributed by atoms with E-state index in [1.807, 2.05) is 0 Å². The topological polar surface area (TPSA) is 110 Å². The molecule has 2 aromatic heterocycles. The van der Waals surface area contributed by atoms with Crippen LogP contribution in [-0.4, -0.2) is 30.7 Å². The lowest BCUT2D eigenvalue weighted by Gasteiger charge is -2.09. The van der Waals surface area contributed by atoms with E-state index in [0.717, 1.165) is 28.5 Å². The Bertz CT molecular complexity index is 1220. The van der Waals surface area contributed by atoms with E-state index in [-0.39, 0.29) is 16.7 Å². The molecule has 1 aliphatic heterocycles. The number of nitrogens with zero attached hydrogens (tertiary/aromatic N) is 1. The first-order valence-corrected chi connectivity index (χ1v) is 11.4. The smallest absolute Gasteiger partial charge is 0.293 e. The summed E-state index contributed by atoms with van der Waals surface area (Å²) >= 11 is 0.842. The molecule has 0 spiro atoms. The van der Waals surface area contributed by atoms with E-state index in [0.29, 0.717) is 23.0 Å². The fourth-order valence-electron chi connectivity index (χ4n) is 2.83. The van der Waals surface area contributed by atoms with Crippen molar-refractivity contribution in [2.75, 3.05) is 11.0 Å². The van der Waals surface area contributed by atoms with Crippen molar-refractivity contribution >= 4 is 44.7 Å². The molecule has 0 unspecified atom stereocenters. The van der Waals surface area contributed by atoms with Crippen molar-refractivity contribution in [2.45, 2.75) is 6.54 Å². The Morgan fingerprint density at radius 2 is 1.87 bits per heavy atom. The number of furan rings is 2. The molecule has 1 fully saturated rings. The van der Waals surface area contributed by atoms with Gasteiger partial charge in [0.2, 0.25) is 10.0 Å². The third-order valence-electron chi connectivity index (χ3n) is 4.14. The normalized spacial score (nSPS) is 15.9. The summed E-state index contributed by atoms with van der Waals surface area (Å²) < 4.78 is 35.9. The minimum atomic E-state index is -3.35. The number of carbonyl (C=O) groups excluding carboxylic acids is 2. The van der Waals surface area contributed by atoms with Gasteiger partial charge >= 0.3 is 0 Å². The van der Waals surface area contributed by atoms with E-state index >= 15 is 0 Å². The number of anilines is 1. The minimum Gasteiger partial charge on any atom is -0.467 e. The number of rotatable bonds is 6. The van der Waals surface area contributed by atoms with Crippen LogP contribution in [0.25, 0.3) is 17.4 Å². The van der Waals surface area contributed by atoms with Crippen LogP contribution < -0.4 is 4.72 Å². The van der Waals surface area contributed by atoms with Gasteiger partial charge in [-0.25, -0.2) is 8.42 Å². The Kier molecular flexibility index (Phi) is 5.27. The second-order valence-electron chi connectivity index (χ2n) is 6.50. The van der Waals surface area contributed by atoms with Crippen LogP contribution in [0.1, 0.15) is 11.5 Å². The van der Waals surface area contributed by atoms with Gasteiger partial charge in [-0.05, 0) is 60.3 Å². The summed E-state index contributed by atoms with van der Waals surface area (Å²) in [6.07, 6.45) is 4.09. The molecule has 1 N–H and O–H groups in total. The van der Waals surface area contributed by atoms with E-state index < -0.39 is 15.9 Å². The monoisotopic (exact) mass is 444 g/mol. The molecular formula is C20H16N2O6S2. The van der Waals surface area contributed by atoms with Crippen molar-refractivity contribution in [2.24, 2.45) is 0 Å². The van der Waals surface area contributed by atoms with Gasteiger partial charge < -0.3 is 8.83 Å². The summed E-state index contributed by atoms with van der Waals surface area (Å²) in [4.78, 5) is 26.1. The lowest BCUT2D eigenvalue weighted by atomic mass is 10.1. The number of carbonyl (C=O) groups is 2. The zero-order chi connectivity index (χ0) is 21.3. The molecule has 0 atom stereocenters. The van der Waals surface area contributed by atoms with Crippen LogP contribution in [0.2, 0.25) is 0 Å². The quantitative estimate of drug-likeness (QED) is 0.569. The van der Waals surface area contributed by atoms with Crippen molar-refractivity contribution < 1.29 is 26.8 Å². The van der Waals surface area contributed by atoms with Gasteiger partial charge in [-0.2, -0.15) is 0 Å². The molecule has 4 rings (SSSR count). The number of benzene rings is 1. The summed E-state index contributed by atoms with van der Waals surface area (Å²) in [5.74, 6) is 1.08. The van der Waals surface area contributed by atoms with Crippen LogP contribution in [0.4, 0.5) is 10.5 Å². The first-order chi connectivity index (χ1) is 14.3. The first-order valence-electron chi connectivity index (χ1n) is 8.74. The summed E-state index contributed by atoms with van der Waals surface area (Å²) in [6, 6.07) is 13.5. The average molecular weight is 444 g/mol. The Morgan fingerprint density at radius 3 is 2.53 bits per heavy atom. The van der Waals surface area contributed by atoms with Crippen molar-refractivity contribution in [1.29, 1.82) is 0 Å². The van der Waals surface area contributed by atoms with Gasteiger partial charge in [0.25, 0.3) is 11.1 Å². The molecule has 10 heteroatoms. The van der Waals surface area contributed by atoms with E-state index in [9.17, 15) is 18.0 Å². The molecular weight excluding hydrogens is 428 g/mol. The molecule has 8 nitrogen and oxygen atoms in total. The second kappa shape index (κ2) is 7.88. The summed E-state index contributed by atoms with van der Waals surface area (Å²) in [7, 11) is -3.35. The van der Waals surface area contributed by atoms with Gasteiger partial charge in [0.05, 0.1) is 24.0 Å². The summed E-state index contributed by atoms with van der Waals surface area (Å²) in [5.41, 5.74) is 1.18. The zero-order valence-corrected chi connectivity index (χ0v) is 17.3. The molecule has 3 heterocycles. The number of hydrogen-bond acceptors (Lipinski definition) is 7. The van der Waals surface area contributed by atoms with Crippen molar-refractivity contribution in [3.8, 4) is 11.3 Å². The molecule has 2 amide bonds. The highest BCUT2D eigenvalue weighted by molar-refractivity contribution is 8.18. The fourth-order valence-corrected chi connectivity index (χ4v) is 4.21. The summed E-state index contributed by atoms with van der Waals surface area (Å²) in [6.45, 7) is 0.0757. The lowest BCUT2D eigenvalue weighted by Crippen LogP contribution is -2.27. The van der Waals surface area contributed by atoms with Crippen LogP contribution in [0, 0.1) is 0 Å². The molecule has 30 heavy (non-hydrogen) atoms. The van der Waals surface area contributed by atoms with Crippen molar-refractivity contribution in [3.05, 3.63) is 71.2 Å². The number of imide groups is 1. The standard InChI is InChI=1S/C20H16N2O6S2/c1-30(25,26)21-14-6-4-13(5-7-14)17-9-8-15(28-17)11-18-19(23)22(20(24)29-18)12-16-3-2-10-27-16/h2-11,21H,12H2,1H3/b18-11+. The van der Waals surface area contributed by atoms with Crippen LogP contribution in [0.3, 0.4) is 0 Å². The third-order valence-corrected chi connectivity index (χ3v) is 5.65. The molecule has 3 aromatic rings. The van der Waals surface area contributed by atoms with Crippen LogP contribution in [-0.2, 0) is 21.4 Å². The minimum absolute atomic E-state index is 0.0757. The van der Waals surface area contributed by atoms with Gasteiger partial charge in [0, 0.05) is 17.3 Å². The Labute approximate surface area is 176 Å². The molecule has 0 radical (unpaired) electrons. The fraction of sp³-hybridized carbons (Fsp3) is 0.100. The number of hydrogen-bond donors (Lipinski definition) is 1. The lowest BCUT2D eigenvalue weighted by molar-refractivity contribution is -0.123. The van der Waals surface area contributed by atoms with Crippen LogP contribution >= 0.6 is 11.8 Å². The second-order valence-corrected chi connectivity index (χ2v) is 9.24. The van der Waals surface area contributed by atoms with Gasteiger partial charge in [0.1, 0.15) is 17.3 Å². The van der Waals surface area contributed by atoms with E-state index in [2.05, 4.69) is 4.72 Å².